The fraction of sp³-hybridized carbons (Fsp3) is 0.250. The molecule has 0 amide bonds. The third-order valence-corrected chi connectivity index (χ3v) is 9.96. The van der Waals surface area contributed by atoms with Crippen molar-refractivity contribution in [3.8, 4) is 0 Å². The van der Waals surface area contributed by atoms with Crippen molar-refractivity contribution in [1.82, 2.24) is 0 Å². The molecule has 0 heterocycles. The molecule has 8 heteroatoms. The van der Waals surface area contributed by atoms with Gasteiger partial charge in [0.25, 0.3) is 0 Å². The molecule has 0 aromatic heterocycles. The lowest BCUT2D eigenvalue weighted by atomic mass is 10.2. The summed E-state index contributed by atoms with van der Waals surface area (Å²) in [6, 6.07) is 41.1. The van der Waals surface area contributed by atoms with Crippen LogP contribution in [0.1, 0.15) is 74.9 Å². The largest absolute Gasteiger partial charge is 0.207 e. The first-order chi connectivity index (χ1) is 26.8. The third-order valence-electron chi connectivity index (χ3n) is 8.07. The van der Waals surface area contributed by atoms with Crippen molar-refractivity contribution >= 4 is 69.6 Å². The summed E-state index contributed by atoms with van der Waals surface area (Å²) in [6.45, 7) is 12.5. The van der Waals surface area contributed by atoms with Gasteiger partial charge < -0.3 is 0 Å². The number of benzene rings is 6. The van der Waals surface area contributed by atoms with E-state index in [1.807, 2.05) is 80.6 Å². The Kier molecular flexibility index (Phi) is 27.3. The minimum atomic E-state index is -0.332. The zero-order valence-electron chi connectivity index (χ0n) is 33.0. The molecule has 6 aromatic rings. The van der Waals surface area contributed by atoms with Gasteiger partial charge in [-0.05, 0) is 133 Å². The maximum absolute atomic E-state index is 12.6. The predicted octanol–water partition coefficient (Wildman–Crippen LogP) is 17.7. The Morgan fingerprint density at radius 3 is 1.20 bits per heavy atom. The Bertz CT molecular complexity index is 1830. The van der Waals surface area contributed by atoms with E-state index in [1.54, 1.807) is 24.3 Å². The number of hydrogen-bond donors (Lipinski definition) is 0. The van der Waals surface area contributed by atoms with E-state index in [2.05, 4.69) is 52.0 Å². The van der Waals surface area contributed by atoms with Crippen LogP contribution in [0, 0.1) is 11.6 Å². The van der Waals surface area contributed by atoms with Crippen LogP contribution in [0.15, 0.2) is 133 Å². The molecule has 56 heavy (non-hydrogen) atoms. The van der Waals surface area contributed by atoms with Crippen molar-refractivity contribution in [2.45, 2.75) is 80.1 Å². The molecule has 300 valence electrons. The number of rotatable bonds is 6. The summed E-state index contributed by atoms with van der Waals surface area (Å²) in [6.07, 6.45) is 5.99. The Hall–Kier alpha value is -3.08. The van der Waals surface area contributed by atoms with Gasteiger partial charge in [0.2, 0.25) is 0 Å². The SMILES string of the molecule is CCc1ccc(Cl)c(Cl)c1.CCc1ccc(Cl)c(F)c1.CCc1ccc(Cl)cc1.CCc1ccc(Cl)cc1Cl.CCc1ccc(F)cc1.CCc1ccccc1. The first kappa shape index (κ1) is 50.9. The minimum Gasteiger partial charge on any atom is -0.207 e. The lowest BCUT2D eigenvalue weighted by Crippen LogP contribution is -1.82. The molecule has 0 aliphatic heterocycles. The standard InChI is InChI=1S/2C8H8Cl2.C8H8ClF.C8H9Cl.C8H9F.C8H10/c1-2-6-3-4-7(9)5-8(6)10;2*1-2-6-3-4-7(9)8(10)5-6;2*1-2-7-3-5-8(9)6-4-7;1-2-8-6-4-3-5-7-8/h3*3-5H,2H2,1H3;2*3-6H,2H2,1H3;3-7H,2H2,1H3. The summed E-state index contributed by atoms with van der Waals surface area (Å²) in [4.78, 5) is 0. The fourth-order valence-electron chi connectivity index (χ4n) is 4.48. The molecule has 0 N–H and O–H groups in total. The molecule has 0 spiro atoms. The first-order valence-electron chi connectivity index (χ1n) is 18.6. The average Bonchev–Trinajstić information content (AvgIpc) is 3.22. The quantitative estimate of drug-likeness (QED) is 0.156. The highest BCUT2D eigenvalue weighted by molar-refractivity contribution is 6.42. The van der Waals surface area contributed by atoms with Gasteiger partial charge in [-0.15, -0.1) is 0 Å². The van der Waals surface area contributed by atoms with Crippen LogP contribution in [-0.4, -0.2) is 0 Å². The first-order valence-corrected chi connectivity index (χ1v) is 20.9. The van der Waals surface area contributed by atoms with Gasteiger partial charge in [-0.2, -0.15) is 0 Å². The highest BCUT2D eigenvalue weighted by Gasteiger charge is 1.99. The van der Waals surface area contributed by atoms with Crippen LogP contribution in [0.3, 0.4) is 0 Å². The summed E-state index contributed by atoms with van der Waals surface area (Å²) in [5.41, 5.74) is 7.26. The summed E-state index contributed by atoms with van der Waals surface area (Å²) in [7, 11) is 0. The van der Waals surface area contributed by atoms with Crippen LogP contribution in [-0.2, 0) is 38.5 Å². The van der Waals surface area contributed by atoms with Crippen molar-refractivity contribution < 1.29 is 8.78 Å². The van der Waals surface area contributed by atoms with Gasteiger partial charge in [0.05, 0.1) is 15.1 Å². The van der Waals surface area contributed by atoms with Crippen LogP contribution in [0.2, 0.25) is 30.1 Å². The molecule has 6 aromatic carbocycles. The molecule has 0 nitrogen and oxygen atoms in total. The number of halogens is 8. The van der Waals surface area contributed by atoms with Gasteiger partial charge in [0.1, 0.15) is 11.6 Å². The van der Waals surface area contributed by atoms with E-state index in [9.17, 15) is 8.78 Å². The van der Waals surface area contributed by atoms with E-state index in [4.69, 9.17) is 69.6 Å². The topological polar surface area (TPSA) is 0 Å². The smallest absolute Gasteiger partial charge is 0.142 e. The zero-order chi connectivity index (χ0) is 41.9. The normalized spacial score (nSPS) is 9.68. The molecule has 0 saturated carbocycles. The molecule has 0 radical (unpaired) electrons. The molecular weight excluding hydrogens is 827 g/mol. The summed E-state index contributed by atoms with van der Waals surface area (Å²) in [5.74, 6) is -0.492. The maximum atomic E-state index is 12.6. The van der Waals surface area contributed by atoms with E-state index < -0.39 is 0 Å². The van der Waals surface area contributed by atoms with Crippen molar-refractivity contribution in [3.05, 3.63) is 209 Å². The Balaban J connectivity index is 0.000000337. The second kappa shape index (κ2) is 30.1. The summed E-state index contributed by atoms with van der Waals surface area (Å²) in [5, 5.41) is 3.72. The van der Waals surface area contributed by atoms with Crippen LogP contribution in [0.25, 0.3) is 0 Å². The van der Waals surface area contributed by atoms with Crippen LogP contribution >= 0.6 is 69.6 Å². The molecule has 0 aliphatic rings. The molecule has 0 fully saturated rings. The molecule has 6 rings (SSSR count). The van der Waals surface area contributed by atoms with E-state index in [0.717, 1.165) is 59.7 Å². The fourth-order valence-corrected chi connectivity index (χ4v) is 5.59. The van der Waals surface area contributed by atoms with E-state index in [1.165, 1.54) is 40.5 Å². The van der Waals surface area contributed by atoms with Gasteiger partial charge >= 0.3 is 0 Å². The van der Waals surface area contributed by atoms with Crippen LogP contribution in [0.5, 0.6) is 0 Å². The van der Waals surface area contributed by atoms with Crippen molar-refractivity contribution in [3.63, 3.8) is 0 Å². The maximum Gasteiger partial charge on any atom is 0.142 e. The van der Waals surface area contributed by atoms with Gasteiger partial charge in [-0.1, -0.05) is 184 Å². The second-order valence-electron chi connectivity index (χ2n) is 12.1. The van der Waals surface area contributed by atoms with Gasteiger partial charge in [-0.25, -0.2) is 8.78 Å². The molecular formula is C48H52Cl6F2. The van der Waals surface area contributed by atoms with Gasteiger partial charge in [-0.3, -0.25) is 0 Å². The molecule has 0 aliphatic carbocycles. The highest BCUT2D eigenvalue weighted by atomic mass is 35.5. The molecule has 0 bridgehead atoms. The lowest BCUT2D eigenvalue weighted by molar-refractivity contribution is 0.626. The molecule has 0 atom stereocenters. The Labute approximate surface area is 364 Å². The lowest BCUT2D eigenvalue weighted by Gasteiger charge is -1.98. The molecule has 0 unspecified atom stereocenters. The summed E-state index contributed by atoms with van der Waals surface area (Å²) >= 11 is 34.1. The summed E-state index contributed by atoms with van der Waals surface area (Å²) < 4.78 is 24.9. The Morgan fingerprint density at radius 1 is 0.339 bits per heavy atom. The van der Waals surface area contributed by atoms with E-state index in [0.29, 0.717) is 15.1 Å². The second-order valence-corrected chi connectivity index (χ2v) is 14.6. The zero-order valence-corrected chi connectivity index (χ0v) is 37.5. The van der Waals surface area contributed by atoms with Crippen LogP contribution in [0.4, 0.5) is 8.78 Å². The van der Waals surface area contributed by atoms with Crippen LogP contribution < -0.4 is 0 Å². The van der Waals surface area contributed by atoms with E-state index >= 15 is 0 Å². The predicted molar refractivity (Wildman–Crippen MR) is 245 cm³/mol. The van der Waals surface area contributed by atoms with E-state index in [-0.39, 0.29) is 16.7 Å². The number of hydrogen-bond acceptors (Lipinski definition) is 0. The average molecular weight is 880 g/mol. The third kappa shape index (κ3) is 22.0. The monoisotopic (exact) mass is 876 g/mol. The van der Waals surface area contributed by atoms with Gasteiger partial charge in [0.15, 0.2) is 0 Å². The molecule has 0 saturated heterocycles. The van der Waals surface area contributed by atoms with Crippen molar-refractivity contribution in [1.29, 1.82) is 0 Å². The Morgan fingerprint density at radius 2 is 0.768 bits per heavy atom. The van der Waals surface area contributed by atoms with Crippen molar-refractivity contribution in [2.24, 2.45) is 0 Å². The highest BCUT2D eigenvalue weighted by Crippen LogP contribution is 2.23. The number of aryl methyl sites for hydroxylation is 6. The minimum absolute atomic E-state index is 0.160. The van der Waals surface area contributed by atoms with Crippen molar-refractivity contribution in [2.75, 3.05) is 0 Å². The van der Waals surface area contributed by atoms with Gasteiger partial charge in [0, 0.05) is 15.1 Å².